The highest BCUT2D eigenvalue weighted by atomic mass is 79.9. The quantitative estimate of drug-likeness (QED) is 0.461. The predicted octanol–water partition coefficient (Wildman–Crippen LogP) is 4.80. The minimum atomic E-state index is -0.417. The first-order valence-electron chi connectivity index (χ1n) is 11.8. The molecule has 1 aliphatic heterocycles. The SMILES string of the molecule is N[C@@H](CC(=O)N1CCN(Cc2ccccc2)CC1Cc1ccc(Br)cc1)Cc1ccccc1F. The molecule has 1 amide bonds. The van der Waals surface area contributed by atoms with Crippen molar-refractivity contribution in [3.8, 4) is 0 Å². The van der Waals surface area contributed by atoms with Crippen molar-refractivity contribution >= 4 is 21.8 Å². The lowest BCUT2D eigenvalue weighted by molar-refractivity contribution is -0.136. The molecule has 1 saturated heterocycles. The number of carbonyl (C=O) groups excluding carboxylic acids is 1. The largest absolute Gasteiger partial charge is 0.337 e. The van der Waals surface area contributed by atoms with Gasteiger partial charge in [0.15, 0.2) is 0 Å². The van der Waals surface area contributed by atoms with Gasteiger partial charge in [0.05, 0.1) is 0 Å². The van der Waals surface area contributed by atoms with E-state index in [1.165, 1.54) is 17.2 Å². The van der Waals surface area contributed by atoms with Crippen LogP contribution in [0.25, 0.3) is 0 Å². The third kappa shape index (κ3) is 6.75. The van der Waals surface area contributed by atoms with Crippen molar-refractivity contribution in [2.75, 3.05) is 19.6 Å². The van der Waals surface area contributed by atoms with Crippen LogP contribution in [0.1, 0.15) is 23.1 Å². The van der Waals surface area contributed by atoms with Crippen LogP contribution in [0, 0.1) is 5.82 Å². The van der Waals surface area contributed by atoms with Gasteiger partial charge in [0.1, 0.15) is 5.82 Å². The van der Waals surface area contributed by atoms with Crippen molar-refractivity contribution in [3.05, 3.63) is 106 Å². The second-order valence-electron chi connectivity index (χ2n) is 9.05. The molecule has 0 saturated carbocycles. The van der Waals surface area contributed by atoms with Crippen molar-refractivity contribution < 1.29 is 9.18 Å². The van der Waals surface area contributed by atoms with Gasteiger partial charge in [-0.3, -0.25) is 9.69 Å². The predicted molar refractivity (Wildman–Crippen MR) is 138 cm³/mol. The van der Waals surface area contributed by atoms with Crippen LogP contribution in [0.2, 0.25) is 0 Å². The molecule has 0 aromatic heterocycles. The van der Waals surface area contributed by atoms with Crippen LogP contribution in [-0.2, 0) is 24.2 Å². The molecule has 6 heteroatoms. The van der Waals surface area contributed by atoms with Crippen LogP contribution in [0.15, 0.2) is 83.3 Å². The summed E-state index contributed by atoms with van der Waals surface area (Å²) in [6.45, 7) is 3.16. The van der Waals surface area contributed by atoms with E-state index >= 15 is 0 Å². The standard InChI is InChI=1S/C28H31BrFN3O/c29-24-12-10-21(11-13-24)16-26-20-32(19-22-6-2-1-3-7-22)14-15-33(26)28(34)18-25(31)17-23-8-4-5-9-27(23)30/h1-13,25-26H,14-20,31H2/t25-,26?/m1/s1. The number of rotatable bonds is 8. The molecule has 3 aromatic rings. The molecule has 2 atom stereocenters. The fourth-order valence-corrected chi connectivity index (χ4v) is 4.92. The highest BCUT2D eigenvalue weighted by Crippen LogP contribution is 2.20. The van der Waals surface area contributed by atoms with E-state index in [0.29, 0.717) is 18.5 Å². The number of amides is 1. The van der Waals surface area contributed by atoms with E-state index in [9.17, 15) is 9.18 Å². The summed E-state index contributed by atoms with van der Waals surface area (Å²) in [4.78, 5) is 17.7. The number of hydrogen-bond donors (Lipinski definition) is 1. The van der Waals surface area contributed by atoms with Crippen molar-refractivity contribution in [3.63, 3.8) is 0 Å². The minimum Gasteiger partial charge on any atom is -0.337 e. The highest BCUT2D eigenvalue weighted by molar-refractivity contribution is 9.10. The molecular formula is C28H31BrFN3O. The summed E-state index contributed by atoms with van der Waals surface area (Å²) >= 11 is 3.50. The Morgan fingerprint density at radius 2 is 1.68 bits per heavy atom. The molecule has 1 unspecified atom stereocenters. The number of nitrogens with zero attached hydrogens (tertiary/aromatic N) is 2. The van der Waals surface area contributed by atoms with Crippen molar-refractivity contribution in [2.45, 2.75) is 37.9 Å². The number of piperazine rings is 1. The lowest BCUT2D eigenvalue weighted by atomic mass is 9.99. The first-order valence-corrected chi connectivity index (χ1v) is 12.6. The molecule has 0 spiro atoms. The van der Waals surface area contributed by atoms with Crippen LogP contribution in [-0.4, -0.2) is 47.4 Å². The average Bonchev–Trinajstić information content (AvgIpc) is 2.83. The summed E-state index contributed by atoms with van der Waals surface area (Å²) in [7, 11) is 0. The number of carbonyl (C=O) groups is 1. The Morgan fingerprint density at radius 3 is 2.41 bits per heavy atom. The van der Waals surface area contributed by atoms with Gasteiger partial charge in [-0.05, 0) is 47.7 Å². The van der Waals surface area contributed by atoms with Crippen LogP contribution < -0.4 is 5.73 Å². The van der Waals surface area contributed by atoms with Crippen LogP contribution in [0.3, 0.4) is 0 Å². The fraction of sp³-hybridized carbons (Fsp3) is 0.321. The Bertz CT molecular complexity index is 1080. The fourth-order valence-electron chi connectivity index (χ4n) is 4.66. The molecule has 3 aromatic carbocycles. The topological polar surface area (TPSA) is 49.6 Å². The summed E-state index contributed by atoms with van der Waals surface area (Å²) in [6, 6.07) is 25.0. The normalized spacial score (nSPS) is 17.5. The molecule has 178 valence electrons. The van der Waals surface area contributed by atoms with Gasteiger partial charge in [-0.1, -0.05) is 76.6 Å². The third-order valence-corrected chi connectivity index (χ3v) is 6.93. The highest BCUT2D eigenvalue weighted by Gasteiger charge is 2.31. The molecule has 0 radical (unpaired) electrons. The molecule has 1 fully saturated rings. The zero-order valence-corrected chi connectivity index (χ0v) is 20.8. The number of halogens is 2. The van der Waals surface area contributed by atoms with Crippen LogP contribution >= 0.6 is 15.9 Å². The lowest BCUT2D eigenvalue weighted by Crippen LogP contribution is -2.56. The molecule has 1 aliphatic rings. The summed E-state index contributed by atoms with van der Waals surface area (Å²) in [5, 5.41) is 0. The van der Waals surface area contributed by atoms with Crippen molar-refractivity contribution in [2.24, 2.45) is 5.73 Å². The van der Waals surface area contributed by atoms with Crippen LogP contribution in [0.5, 0.6) is 0 Å². The molecule has 34 heavy (non-hydrogen) atoms. The Morgan fingerprint density at radius 1 is 0.971 bits per heavy atom. The summed E-state index contributed by atoms with van der Waals surface area (Å²) in [6.07, 6.45) is 1.35. The Hall–Kier alpha value is -2.54. The van der Waals surface area contributed by atoms with Crippen LogP contribution in [0.4, 0.5) is 4.39 Å². The Balaban J connectivity index is 1.44. The van der Waals surface area contributed by atoms with Crippen molar-refractivity contribution in [1.82, 2.24) is 9.80 Å². The van der Waals surface area contributed by atoms with Gasteiger partial charge in [0, 0.05) is 49.2 Å². The zero-order chi connectivity index (χ0) is 23.9. The second kappa shape index (κ2) is 11.7. The van der Waals surface area contributed by atoms with Gasteiger partial charge in [-0.15, -0.1) is 0 Å². The van der Waals surface area contributed by atoms with Gasteiger partial charge < -0.3 is 10.6 Å². The summed E-state index contributed by atoms with van der Waals surface area (Å²) in [5.74, 6) is -0.224. The van der Waals surface area contributed by atoms with Gasteiger partial charge >= 0.3 is 0 Å². The molecular weight excluding hydrogens is 493 g/mol. The average molecular weight is 524 g/mol. The third-order valence-electron chi connectivity index (χ3n) is 6.40. The van der Waals surface area contributed by atoms with Gasteiger partial charge in [-0.2, -0.15) is 0 Å². The number of benzene rings is 3. The lowest BCUT2D eigenvalue weighted by Gasteiger charge is -2.42. The molecule has 4 rings (SSSR count). The molecule has 1 heterocycles. The molecule has 0 bridgehead atoms. The first-order chi connectivity index (χ1) is 16.5. The summed E-state index contributed by atoms with van der Waals surface area (Å²) < 4.78 is 15.1. The van der Waals surface area contributed by atoms with E-state index in [1.54, 1.807) is 18.2 Å². The van der Waals surface area contributed by atoms with Gasteiger partial charge in [0.25, 0.3) is 0 Å². The van der Waals surface area contributed by atoms with Crippen molar-refractivity contribution in [1.29, 1.82) is 0 Å². The molecule has 4 nitrogen and oxygen atoms in total. The monoisotopic (exact) mass is 523 g/mol. The van der Waals surface area contributed by atoms with Gasteiger partial charge in [0.2, 0.25) is 5.91 Å². The van der Waals surface area contributed by atoms with E-state index in [1.807, 2.05) is 23.1 Å². The second-order valence-corrected chi connectivity index (χ2v) is 9.97. The van der Waals surface area contributed by atoms with E-state index in [2.05, 4.69) is 57.2 Å². The maximum atomic E-state index is 14.0. The summed E-state index contributed by atoms with van der Waals surface area (Å²) in [5.41, 5.74) is 9.33. The maximum absolute atomic E-state index is 14.0. The first kappa shape index (κ1) is 24.6. The minimum absolute atomic E-state index is 0.0466. The zero-order valence-electron chi connectivity index (χ0n) is 19.2. The molecule has 2 N–H and O–H groups in total. The maximum Gasteiger partial charge on any atom is 0.224 e. The Labute approximate surface area is 209 Å². The van der Waals surface area contributed by atoms with Gasteiger partial charge in [-0.25, -0.2) is 4.39 Å². The Kier molecular flexibility index (Phi) is 8.48. The van der Waals surface area contributed by atoms with E-state index in [4.69, 9.17) is 5.73 Å². The van der Waals surface area contributed by atoms with E-state index in [-0.39, 0.29) is 24.2 Å². The number of nitrogens with two attached hydrogens (primary N) is 1. The van der Waals surface area contributed by atoms with E-state index in [0.717, 1.165) is 30.5 Å². The number of hydrogen-bond acceptors (Lipinski definition) is 3. The smallest absolute Gasteiger partial charge is 0.224 e. The van der Waals surface area contributed by atoms with E-state index < -0.39 is 6.04 Å². The molecule has 0 aliphatic carbocycles.